The van der Waals surface area contributed by atoms with Crippen LogP contribution in [0.4, 0.5) is 4.39 Å². The number of carbonyl (C=O) groups is 1. The number of aromatic nitrogens is 2. The minimum absolute atomic E-state index is 0.0386. The monoisotopic (exact) mass is 321 g/mol. The third kappa shape index (κ3) is 2.11. The minimum Gasteiger partial charge on any atom is -0.476 e. The Morgan fingerprint density at radius 3 is 2.54 bits per heavy atom. The summed E-state index contributed by atoms with van der Waals surface area (Å²) in [6.45, 7) is 0.111. The maximum Gasteiger partial charge on any atom is 0.356 e. The Bertz CT molecular complexity index is 991. The van der Waals surface area contributed by atoms with E-state index in [-0.39, 0.29) is 18.1 Å². The van der Waals surface area contributed by atoms with Crippen LogP contribution in [0.2, 0.25) is 0 Å². The molecule has 6 heteroatoms. The second-order valence-corrected chi connectivity index (χ2v) is 5.38. The first-order valence-electron chi connectivity index (χ1n) is 7.35. The van der Waals surface area contributed by atoms with Gasteiger partial charge in [0.15, 0.2) is 5.69 Å². The molecule has 1 aliphatic rings. The van der Waals surface area contributed by atoms with Crippen molar-refractivity contribution in [2.45, 2.75) is 6.54 Å². The van der Waals surface area contributed by atoms with E-state index in [2.05, 4.69) is 9.98 Å². The molecule has 118 valence electrons. The summed E-state index contributed by atoms with van der Waals surface area (Å²) in [5.74, 6) is -1.47. The summed E-state index contributed by atoms with van der Waals surface area (Å²) in [6.07, 6.45) is 1.47. The number of carboxylic acids is 1. The van der Waals surface area contributed by atoms with E-state index < -0.39 is 5.97 Å². The van der Waals surface area contributed by atoms with Crippen molar-refractivity contribution in [2.24, 2.45) is 4.99 Å². The Labute approximate surface area is 136 Å². The number of hydrogen-bond acceptors (Lipinski definition) is 3. The van der Waals surface area contributed by atoms with E-state index in [0.29, 0.717) is 17.0 Å². The molecule has 2 aromatic carbocycles. The van der Waals surface area contributed by atoms with Crippen LogP contribution in [0, 0.1) is 5.82 Å². The fourth-order valence-corrected chi connectivity index (χ4v) is 2.92. The van der Waals surface area contributed by atoms with Gasteiger partial charge in [0.05, 0.1) is 23.6 Å². The molecule has 1 aliphatic heterocycles. The van der Waals surface area contributed by atoms with Crippen LogP contribution in [0.15, 0.2) is 59.9 Å². The molecule has 0 spiro atoms. The normalized spacial score (nSPS) is 12.8. The standard InChI is InChI=1S/C18H12FN3O2/c19-13-7-3-1-5-11(13)16-12-6-2-4-8-14(12)22-10-21-17(18(23)24)15(22)9-20-16/h1-8,10H,9H2,(H,23,24). The van der Waals surface area contributed by atoms with Gasteiger partial charge in [0.2, 0.25) is 0 Å². The average Bonchev–Trinajstić information content (AvgIpc) is 2.94. The van der Waals surface area contributed by atoms with Crippen molar-refractivity contribution in [3.8, 4) is 5.69 Å². The Morgan fingerprint density at radius 2 is 1.79 bits per heavy atom. The fraction of sp³-hybridized carbons (Fsp3) is 0.0556. The first-order chi connectivity index (χ1) is 11.7. The van der Waals surface area contributed by atoms with E-state index in [1.54, 1.807) is 22.8 Å². The van der Waals surface area contributed by atoms with Gasteiger partial charge in [-0.15, -0.1) is 0 Å². The lowest BCUT2D eigenvalue weighted by molar-refractivity contribution is 0.0689. The predicted molar refractivity (Wildman–Crippen MR) is 86.3 cm³/mol. The van der Waals surface area contributed by atoms with Gasteiger partial charge in [-0.3, -0.25) is 9.56 Å². The molecular formula is C18H12FN3O2. The summed E-state index contributed by atoms with van der Waals surface area (Å²) in [7, 11) is 0. The molecule has 24 heavy (non-hydrogen) atoms. The van der Waals surface area contributed by atoms with Crippen LogP contribution in [0.1, 0.15) is 27.3 Å². The van der Waals surface area contributed by atoms with Gasteiger partial charge in [0.1, 0.15) is 12.1 Å². The molecule has 5 nitrogen and oxygen atoms in total. The predicted octanol–water partition coefficient (Wildman–Crippen LogP) is 3.06. The molecule has 0 atom stereocenters. The lowest BCUT2D eigenvalue weighted by Crippen LogP contribution is -2.08. The third-order valence-electron chi connectivity index (χ3n) is 4.00. The van der Waals surface area contributed by atoms with Crippen LogP contribution in [-0.4, -0.2) is 26.3 Å². The van der Waals surface area contributed by atoms with Crippen molar-refractivity contribution < 1.29 is 14.3 Å². The molecule has 1 aromatic heterocycles. The smallest absolute Gasteiger partial charge is 0.356 e. The zero-order chi connectivity index (χ0) is 16.7. The van der Waals surface area contributed by atoms with Crippen molar-refractivity contribution in [3.05, 3.63) is 83.2 Å². The van der Waals surface area contributed by atoms with Crippen molar-refractivity contribution in [1.29, 1.82) is 0 Å². The number of halogens is 1. The van der Waals surface area contributed by atoms with Crippen molar-refractivity contribution in [3.63, 3.8) is 0 Å². The molecule has 2 heterocycles. The van der Waals surface area contributed by atoms with E-state index in [0.717, 1.165) is 11.3 Å². The fourth-order valence-electron chi connectivity index (χ4n) is 2.92. The van der Waals surface area contributed by atoms with Gasteiger partial charge < -0.3 is 5.11 Å². The number of fused-ring (bicyclic) bond motifs is 3. The molecule has 0 amide bonds. The number of rotatable bonds is 2. The highest BCUT2D eigenvalue weighted by Crippen LogP contribution is 2.27. The number of imidazole rings is 1. The molecule has 0 saturated heterocycles. The topological polar surface area (TPSA) is 67.5 Å². The van der Waals surface area contributed by atoms with Crippen molar-refractivity contribution in [1.82, 2.24) is 9.55 Å². The van der Waals surface area contributed by atoms with E-state index in [1.165, 1.54) is 12.4 Å². The maximum absolute atomic E-state index is 14.3. The second kappa shape index (κ2) is 5.42. The Morgan fingerprint density at radius 1 is 1.08 bits per heavy atom. The van der Waals surface area contributed by atoms with E-state index in [1.807, 2.05) is 24.3 Å². The van der Waals surface area contributed by atoms with Gasteiger partial charge in [0.25, 0.3) is 0 Å². The third-order valence-corrected chi connectivity index (χ3v) is 4.00. The molecule has 0 fully saturated rings. The van der Waals surface area contributed by atoms with Crippen LogP contribution in [0.5, 0.6) is 0 Å². The SMILES string of the molecule is O=C(O)c1ncn2c1CN=C(c1ccccc1F)c1ccccc1-2. The Balaban J connectivity index is 1.99. The van der Waals surface area contributed by atoms with Crippen LogP contribution < -0.4 is 0 Å². The Kier molecular flexibility index (Phi) is 3.23. The molecule has 1 N–H and O–H groups in total. The summed E-state index contributed by atoms with van der Waals surface area (Å²) >= 11 is 0. The van der Waals surface area contributed by atoms with Gasteiger partial charge >= 0.3 is 5.97 Å². The second-order valence-electron chi connectivity index (χ2n) is 5.38. The average molecular weight is 321 g/mol. The summed E-state index contributed by atoms with van der Waals surface area (Å²) in [5, 5.41) is 9.31. The lowest BCUT2D eigenvalue weighted by Gasteiger charge is -2.11. The van der Waals surface area contributed by atoms with Crippen molar-refractivity contribution in [2.75, 3.05) is 0 Å². The number of hydrogen-bond donors (Lipinski definition) is 1. The summed E-state index contributed by atoms with van der Waals surface area (Å²) in [4.78, 5) is 19.9. The molecule has 4 rings (SSSR count). The first kappa shape index (κ1) is 14.3. The molecule has 0 saturated carbocycles. The number of benzene rings is 2. The number of aliphatic imine (C=N–C) groups is 1. The van der Waals surface area contributed by atoms with E-state index >= 15 is 0 Å². The molecule has 0 radical (unpaired) electrons. The zero-order valence-corrected chi connectivity index (χ0v) is 12.5. The van der Waals surface area contributed by atoms with Crippen LogP contribution in [0.3, 0.4) is 0 Å². The van der Waals surface area contributed by atoms with Crippen molar-refractivity contribution >= 4 is 11.7 Å². The summed E-state index contributed by atoms with van der Waals surface area (Å²) in [5.41, 5.74) is 2.79. The summed E-state index contributed by atoms with van der Waals surface area (Å²) < 4.78 is 16.0. The van der Waals surface area contributed by atoms with E-state index in [4.69, 9.17) is 0 Å². The molecule has 0 aliphatic carbocycles. The van der Waals surface area contributed by atoms with Gasteiger partial charge in [0, 0.05) is 11.1 Å². The minimum atomic E-state index is -1.11. The maximum atomic E-state index is 14.3. The molecule has 3 aromatic rings. The number of para-hydroxylation sites is 1. The number of nitrogens with zero attached hydrogens (tertiary/aromatic N) is 3. The Hall–Kier alpha value is -3.28. The first-order valence-corrected chi connectivity index (χ1v) is 7.35. The van der Waals surface area contributed by atoms with Gasteiger partial charge in [-0.1, -0.05) is 30.3 Å². The number of carboxylic acid groups (broad SMARTS) is 1. The highest BCUT2D eigenvalue weighted by atomic mass is 19.1. The number of aromatic carboxylic acids is 1. The van der Waals surface area contributed by atoms with Gasteiger partial charge in [-0.2, -0.15) is 0 Å². The van der Waals surface area contributed by atoms with Gasteiger partial charge in [-0.05, 0) is 18.2 Å². The highest BCUT2D eigenvalue weighted by Gasteiger charge is 2.24. The lowest BCUT2D eigenvalue weighted by atomic mass is 10.00. The van der Waals surface area contributed by atoms with Crippen LogP contribution >= 0.6 is 0 Å². The largest absolute Gasteiger partial charge is 0.476 e. The van der Waals surface area contributed by atoms with Gasteiger partial charge in [-0.25, -0.2) is 14.2 Å². The molecule has 0 bridgehead atoms. The highest BCUT2D eigenvalue weighted by molar-refractivity contribution is 6.15. The van der Waals surface area contributed by atoms with Crippen LogP contribution in [-0.2, 0) is 6.54 Å². The quantitative estimate of drug-likeness (QED) is 0.789. The van der Waals surface area contributed by atoms with Crippen LogP contribution in [0.25, 0.3) is 5.69 Å². The molecule has 0 unspecified atom stereocenters. The molecular weight excluding hydrogens is 309 g/mol. The zero-order valence-electron chi connectivity index (χ0n) is 12.5. The van der Waals surface area contributed by atoms with E-state index in [9.17, 15) is 14.3 Å². The summed E-state index contributed by atoms with van der Waals surface area (Å²) in [6, 6.07) is 13.8.